The first kappa shape index (κ1) is 12.5. The summed E-state index contributed by atoms with van der Waals surface area (Å²) in [4.78, 5) is 14.1. The molecule has 0 spiro atoms. The molecule has 1 rings (SSSR count). The van der Waals surface area contributed by atoms with Gasteiger partial charge in [0.1, 0.15) is 0 Å². The molecule has 1 saturated heterocycles. The lowest BCUT2D eigenvalue weighted by Crippen LogP contribution is -2.50. The lowest BCUT2D eigenvalue weighted by atomic mass is 9.90. The van der Waals surface area contributed by atoms with Crippen LogP contribution in [0.1, 0.15) is 59.8 Å². The minimum absolute atomic E-state index is 0.0896. The molecular formula is C13H25NO. The van der Waals surface area contributed by atoms with Gasteiger partial charge in [-0.05, 0) is 45.4 Å². The predicted molar refractivity (Wildman–Crippen MR) is 63.7 cm³/mol. The Hall–Kier alpha value is -0.530. The highest BCUT2D eigenvalue weighted by Gasteiger charge is 2.32. The fourth-order valence-corrected chi connectivity index (χ4v) is 2.27. The van der Waals surface area contributed by atoms with Gasteiger partial charge < -0.3 is 4.90 Å². The molecule has 0 aromatic rings. The van der Waals surface area contributed by atoms with Crippen LogP contribution in [0.5, 0.6) is 0 Å². The van der Waals surface area contributed by atoms with Gasteiger partial charge in [-0.2, -0.15) is 0 Å². The zero-order chi connectivity index (χ0) is 11.5. The number of carbonyl (C=O) groups is 1. The van der Waals surface area contributed by atoms with Gasteiger partial charge in [-0.15, -0.1) is 0 Å². The molecule has 2 heteroatoms. The fraction of sp³-hybridized carbons (Fsp3) is 0.923. The molecule has 1 amide bonds. The molecule has 1 aliphatic heterocycles. The van der Waals surface area contributed by atoms with Crippen molar-refractivity contribution in [2.75, 3.05) is 6.54 Å². The molecule has 1 aliphatic rings. The van der Waals surface area contributed by atoms with Crippen molar-refractivity contribution in [3.63, 3.8) is 0 Å². The fourth-order valence-electron chi connectivity index (χ4n) is 2.27. The van der Waals surface area contributed by atoms with Crippen LogP contribution in [-0.2, 0) is 4.79 Å². The first-order chi connectivity index (χ1) is 6.93. The molecule has 15 heavy (non-hydrogen) atoms. The monoisotopic (exact) mass is 211 g/mol. The third-order valence-electron chi connectivity index (χ3n) is 3.39. The van der Waals surface area contributed by atoms with Crippen molar-refractivity contribution in [2.45, 2.75) is 65.3 Å². The third kappa shape index (κ3) is 3.51. The van der Waals surface area contributed by atoms with E-state index in [1.54, 1.807) is 0 Å². The van der Waals surface area contributed by atoms with E-state index in [1.165, 1.54) is 12.8 Å². The second-order valence-corrected chi connectivity index (χ2v) is 5.75. The molecule has 0 aromatic heterocycles. The van der Waals surface area contributed by atoms with E-state index in [1.807, 2.05) is 0 Å². The Morgan fingerprint density at radius 3 is 2.53 bits per heavy atom. The van der Waals surface area contributed by atoms with Crippen LogP contribution in [-0.4, -0.2) is 22.9 Å². The largest absolute Gasteiger partial charge is 0.338 e. The Morgan fingerprint density at radius 2 is 2.00 bits per heavy atom. The van der Waals surface area contributed by atoms with Gasteiger partial charge in [0.15, 0.2) is 0 Å². The summed E-state index contributed by atoms with van der Waals surface area (Å²) in [5, 5.41) is 0. The lowest BCUT2D eigenvalue weighted by Gasteiger charge is -2.42. The summed E-state index contributed by atoms with van der Waals surface area (Å²) >= 11 is 0. The second kappa shape index (κ2) is 5.00. The highest BCUT2D eigenvalue weighted by atomic mass is 16.2. The summed E-state index contributed by atoms with van der Waals surface area (Å²) in [5.41, 5.74) is 0.0896. The van der Waals surface area contributed by atoms with Gasteiger partial charge in [0.25, 0.3) is 0 Å². The van der Waals surface area contributed by atoms with Crippen molar-refractivity contribution in [3.8, 4) is 0 Å². The second-order valence-electron chi connectivity index (χ2n) is 5.75. The Kier molecular flexibility index (Phi) is 4.18. The van der Waals surface area contributed by atoms with E-state index in [0.717, 1.165) is 25.8 Å². The SMILES string of the molecule is CC(C)CCC(=O)N1CCCCC1(C)C. The van der Waals surface area contributed by atoms with Crippen LogP contribution in [0.15, 0.2) is 0 Å². The summed E-state index contributed by atoms with van der Waals surface area (Å²) in [5.74, 6) is 0.982. The summed E-state index contributed by atoms with van der Waals surface area (Å²) in [7, 11) is 0. The van der Waals surface area contributed by atoms with Crippen LogP contribution in [0, 0.1) is 5.92 Å². The predicted octanol–water partition coefficient (Wildman–Crippen LogP) is 3.21. The zero-order valence-electron chi connectivity index (χ0n) is 10.7. The third-order valence-corrected chi connectivity index (χ3v) is 3.39. The standard InChI is InChI=1S/C13H25NO/c1-11(2)7-8-12(15)14-10-6-5-9-13(14,3)4/h11H,5-10H2,1-4H3. The van der Waals surface area contributed by atoms with Crippen molar-refractivity contribution in [2.24, 2.45) is 5.92 Å². The van der Waals surface area contributed by atoms with Crippen LogP contribution in [0.25, 0.3) is 0 Å². The minimum atomic E-state index is 0.0896. The highest BCUT2D eigenvalue weighted by molar-refractivity contribution is 5.77. The normalized spacial score (nSPS) is 20.7. The number of rotatable bonds is 3. The topological polar surface area (TPSA) is 20.3 Å². The van der Waals surface area contributed by atoms with Gasteiger partial charge >= 0.3 is 0 Å². The number of carbonyl (C=O) groups excluding carboxylic acids is 1. The van der Waals surface area contributed by atoms with E-state index in [2.05, 4.69) is 32.6 Å². The summed E-state index contributed by atoms with van der Waals surface area (Å²) in [6.45, 7) is 9.70. The highest BCUT2D eigenvalue weighted by Crippen LogP contribution is 2.28. The minimum Gasteiger partial charge on any atom is -0.338 e. The maximum Gasteiger partial charge on any atom is 0.223 e. The molecule has 1 fully saturated rings. The first-order valence-electron chi connectivity index (χ1n) is 6.24. The number of hydrogen-bond donors (Lipinski definition) is 0. The lowest BCUT2D eigenvalue weighted by molar-refractivity contribution is -0.138. The molecule has 0 N–H and O–H groups in total. The number of hydrogen-bond acceptors (Lipinski definition) is 1. The number of nitrogens with zero attached hydrogens (tertiary/aromatic N) is 1. The van der Waals surface area contributed by atoms with Crippen LogP contribution in [0.4, 0.5) is 0 Å². The number of amides is 1. The van der Waals surface area contributed by atoms with E-state index in [9.17, 15) is 4.79 Å². The van der Waals surface area contributed by atoms with Gasteiger partial charge in [-0.25, -0.2) is 0 Å². The Labute approximate surface area is 94.0 Å². The quantitative estimate of drug-likeness (QED) is 0.702. The van der Waals surface area contributed by atoms with E-state index in [0.29, 0.717) is 11.8 Å². The smallest absolute Gasteiger partial charge is 0.223 e. The molecule has 1 heterocycles. The Morgan fingerprint density at radius 1 is 1.33 bits per heavy atom. The molecule has 0 bridgehead atoms. The van der Waals surface area contributed by atoms with Gasteiger partial charge in [0, 0.05) is 18.5 Å². The van der Waals surface area contributed by atoms with Crippen molar-refractivity contribution < 1.29 is 4.79 Å². The first-order valence-corrected chi connectivity index (χ1v) is 6.24. The Balaban J connectivity index is 2.49. The molecule has 0 radical (unpaired) electrons. The number of piperidine rings is 1. The molecule has 0 unspecified atom stereocenters. The van der Waals surface area contributed by atoms with Crippen molar-refractivity contribution >= 4 is 5.91 Å². The maximum atomic E-state index is 12.0. The van der Waals surface area contributed by atoms with Gasteiger partial charge in [0.05, 0.1) is 0 Å². The van der Waals surface area contributed by atoms with Crippen LogP contribution in [0.2, 0.25) is 0 Å². The van der Waals surface area contributed by atoms with E-state index < -0.39 is 0 Å². The van der Waals surface area contributed by atoms with Gasteiger partial charge in [-0.3, -0.25) is 4.79 Å². The zero-order valence-corrected chi connectivity index (χ0v) is 10.7. The van der Waals surface area contributed by atoms with E-state index >= 15 is 0 Å². The van der Waals surface area contributed by atoms with Crippen LogP contribution < -0.4 is 0 Å². The molecule has 0 atom stereocenters. The summed E-state index contributed by atoms with van der Waals surface area (Å²) in [6, 6.07) is 0. The van der Waals surface area contributed by atoms with E-state index in [-0.39, 0.29) is 5.54 Å². The molecule has 88 valence electrons. The molecule has 2 nitrogen and oxygen atoms in total. The maximum absolute atomic E-state index is 12.0. The Bertz CT molecular complexity index is 221. The van der Waals surface area contributed by atoms with Gasteiger partial charge in [0.2, 0.25) is 5.91 Å². The average molecular weight is 211 g/mol. The van der Waals surface area contributed by atoms with E-state index in [4.69, 9.17) is 0 Å². The number of likely N-dealkylation sites (tertiary alicyclic amines) is 1. The molecule has 0 saturated carbocycles. The molecule has 0 aliphatic carbocycles. The van der Waals surface area contributed by atoms with Gasteiger partial charge in [-0.1, -0.05) is 13.8 Å². The average Bonchev–Trinajstić information content (AvgIpc) is 2.13. The van der Waals surface area contributed by atoms with Crippen LogP contribution >= 0.6 is 0 Å². The van der Waals surface area contributed by atoms with Crippen molar-refractivity contribution in [1.29, 1.82) is 0 Å². The van der Waals surface area contributed by atoms with Crippen molar-refractivity contribution in [1.82, 2.24) is 4.90 Å². The van der Waals surface area contributed by atoms with Crippen molar-refractivity contribution in [3.05, 3.63) is 0 Å². The summed E-state index contributed by atoms with van der Waals surface area (Å²) in [6.07, 6.45) is 5.34. The molecule has 0 aromatic carbocycles. The van der Waals surface area contributed by atoms with Crippen LogP contribution in [0.3, 0.4) is 0 Å². The summed E-state index contributed by atoms with van der Waals surface area (Å²) < 4.78 is 0. The molecular weight excluding hydrogens is 186 g/mol.